The van der Waals surface area contributed by atoms with Crippen LogP contribution < -0.4 is 5.32 Å². The van der Waals surface area contributed by atoms with E-state index >= 15 is 0 Å². The molecule has 0 aliphatic carbocycles. The molecule has 0 saturated carbocycles. The summed E-state index contributed by atoms with van der Waals surface area (Å²) in [6.45, 7) is 3.62. The molecule has 0 radical (unpaired) electrons. The van der Waals surface area contributed by atoms with Gasteiger partial charge in [0, 0.05) is 73.7 Å². The van der Waals surface area contributed by atoms with Gasteiger partial charge >= 0.3 is 0 Å². The Hall–Kier alpha value is -1.82. The second-order valence-electron chi connectivity index (χ2n) is 6.65. The number of ether oxygens (including phenoxy) is 1. The van der Waals surface area contributed by atoms with Crippen LogP contribution in [0.4, 0.5) is 0 Å². The van der Waals surface area contributed by atoms with Crippen molar-refractivity contribution in [3.05, 3.63) is 53.7 Å². The topological polar surface area (TPSA) is 44.0 Å². The highest BCUT2D eigenvalue weighted by Gasteiger charge is 2.31. The molecular weight excluding hydrogens is 336 g/mol. The molecule has 1 saturated heterocycles. The summed E-state index contributed by atoms with van der Waals surface area (Å²) in [4.78, 5) is 4.45. The fourth-order valence-electron chi connectivity index (χ4n) is 3.63. The molecule has 132 valence electrons. The number of aryl methyl sites for hydroxylation is 1. The predicted molar refractivity (Wildman–Crippen MR) is 99.8 cm³/mol. The monoisotopic (exact) mass is 358 g/mol. The van der Waals surface area contributed by atoms with Gasteiger partial charge in [0.25, 0.3) is 0 Å². The van der Waals surface area contributed by atoms with Crippen LogP contribution in [0, 0.1) is 5.92 Å². The number of halogens is 1. The smallest absolute Gasteiger partial charge is 0.137 e. The Kier molecular flexibility index (Phi) is 4.79. The van der Waals surface area contributed by atoms with Crippen molar-refractivity contribution >= 4 is 22.5 Å². The zero-order valence-electron chi connectivity index (χ0n) is 14.4. The molecule has 25 heavy (non-hydrogen) atoms. The molecule has 1 aliphatic heterocycles. The number of benzene rings is 1. The molecule has 1 fully saturated rings. The molecule has 4 rings (SSSR count). The van der Waals surface area contributed by atoms with Crippen LogP contribution in [0.2, 0.25) is 5.02 Å². The average molecular weight is 359 g/mol. The molecule has 3 heterocycles. The number of nitrogens with one attached hydrogen (secondary N) is 1. The quantitative estimate of drug-likeness (QED) is 0.687. The van der Waals surface area contributed by atoms with Gasteiger partial charge in [-0.3, -0.25) is 0 Å². The maximum absolute atomic E-state index is 6.05. The molecule has 1 N–H and O–H groups in total. The van der Waals surface area contributed by atoms with Crippen molar-refractivity contribution < 1.29 is 4.74 Å². The molecule has 0 bridgehead atoms. The van der Waals surface area contributed by atoms with E-state index in [1.807, 2.05) is 31.6 Å². The third kappa shape index (κ3) is 3.45. The number of aromatic nitrogens is 3. The number of nitrogens with zero attached hydrogens (tertiary/aromatic N) is 3. The van der Waals surface area contributed by atoms with E-state index in [-0.39, 0.29) is 6.10 Å². The third-order valence-corrected chi connectivity index (χ3v) is 5.23. The van der Waals surface area contributed by atoms with Gasteiger partial charge in [-0.2, -0.15) is 0 Å². The van der Waals surface area contributed by atoms with E-state index in [0.717, 1.165) is 43.5 Å². The van der Waals surface area contributed by atoms with Crippen LogP contribution in [0.5, 0.6) is 0 Å². The fraction of sp³-hybridized carbons (Fsp3) is 0.421. The number of hydrogen-bond donors (Lipinski definition) is 1. The van der Waals surface area contributed by atoms with E-state index in [4.69, 9.17) is 16.3 Å². The first-order valence-electron chi connectivity index (χ1n) is 8.76. The van der Waals surface area contributed by atoms with Crippen molar-refractivity contribution in [2.75, 3.05) is 19.7 Å². The van der Waals surface area contributed by atoms with Gasteiger partial charge in [-0.1, -0.05) is 11.6 Å². The zero-order valence-corrected chi connectivity index (χ0v) is 15.1. The summed E-state index contributed by atoms with van der Waals surface area (Å²) < 4.78 is 10.2. The first-order valence-corrected chi connectivity index (χ1v) is 9.14. The molecular formula is C19H23ClN4O. The van der Waals surface area contributed by atoms with E-state index in [0.29, 0.717) is 5.92 Å². The van der Waals surface area contributed by atoms with Gasteiger partial charge in [0.1, 0.15) is 11.9 Å². The number of rotatable bonds is 6. The molecule has 0 spiro atoms. The summed E-state index contributed by atoms with van der Waals surface area (Å²) in [5.74, 6) is 1.50. The Morgan fingerprint density at radius 3 is 3.08 bits per heavy atom. The second-order valence-corrected chi connectivity index (χ2v) is 7.09. The fourth-order valence-corrected chi connectivity index (χ4v) is 3.81. The van der Waals surface area contributed by atoms with E-state index in [9.17, 15) is 0 Å². The van der Waals surface area contributed by atoms with E-state index in [1.165, 1.54) is 10.9 Å². The van der Waals surface area contributed by atoms with Crippen LogP contribution >= 0.6 is 11.6 Å². The van der Waals surface area contributed by atoms with Crippen LogP contribution in [0.3, 0.4) is 0 Å². The average Bonchev–Trinajstić information content (AvgIpc) is 3.31. The molecule has 2 aromatic heterocycles. The maximum Gasteiger partial charge on any atom is 0.137 e. The van der Waals surface area contributed by atoms with E-state index in [1.54, 1.807) is 0 Å². The molecule has 3 aromatic rings. The lowest BCUT2D eigenvalue weighted by atomic mass is 10.0. The first kappa shape index (κ1) is 16.6. The van der Waals surface area contributed by atoms with Crippen LogP contribution in [0.15, 0.2) is 42.9 Å². The lowest BCUT2D eigenvalue weighted by Crippen LogP contribution is -2.28. The Labute approximate surface area is 152 Å². The summed E-state index contributed by atoms with van der Waals surface area (Å²) in [5.41, 5.74) is 1.22. The lowest BCUT2D eigenvalue weighted by molar-refractivity contribution is 0.0811. The Morgan fingerprint density at radius 2 is 2.24 bits per heavy atom. The highest BCUT2D eigenvalue weighted by Crippen LogP contribution is 2.32. The maximum atomic E-state index is 6.05. The van der Waals surface area contributed by atoms with Gasteiger partial charge < -0.3 is 19.2 Å². The second kappa shape index (κ2) is 7.20. The Balaban J connectivity index is 1.32. The van der Waals surface area contributed by atoms with Crippen molar-refractivity contribution in [1.29, 1.82) is 0 Å². The minimum atomic E-state index is 0.0991. The zero-order chi connectivity index (χ0) is 17.2. The minimum absolute atomic E-state index is 0.0991. The molecule has 1 aromatic carbocycles. The van der Waals surface area contributed by atoms with Gasteiger partial charge in [0.15, 0.2) is 0 Å². The van der Waals surface area contributed by atoms with Gasteiger partial charge in [-0.15, -0.1) is 0 Å². The van der Waals surface area contributed by atoms with Crippen LogP contribution in [-0.4, -0.2) is 33.8 Å². The van der Waals surface area contributed by atoms with E-state index in [2.05, 4.69) is 37.8 Å². The van der Waals surface area contributed by atoms with Gasteiger partial charge in [-0.05, 0) is 30.7 Å². The van der Waals surface area contributed by atoms with Crippen molar-refractivity contribution in [3.8, 4) is 0 Å². The van der Waals surface area contributed by atoms with Gasteiger partial charge in [-0.25, -0.2) is 4.98 Å². The van der Waals surface area contributed by atoms with Crippen LogP contribution in [0.1, 0.15) is 18.3 Å². The molecule has 1 aliphatic rings. The van der Waals surface area contributed by atoms with Crippen LogP contribution in [-0.2, 0) is 18.3 Å². The summed E-state index contributed by atoms with van der Waals surface area (Å²) in [6, 6.07) is 8.15. The van der Waals surface area contributed by atoms with Crippen molar-refractivity contribution in [2.45, 2.75) is 19.1 Å². The highest BCUT2D eigenvalue weighted by molar-refractivity contribution is 6.31. The summed E-state index contributed by atoms with van der Waals surface area (Å²) in [5, 5.41) is 5.56. The Morgan fingerprint density at radius 1 is 1.32 bits per heavy atom. The standard InChI is InChI=1S/C19H23ClN4O/c1-23-9-7-22-19(23)18-15(5-11-25-18)13-21-6-10-24-8-4-14-12-16(20)2-3-17(14)24/h2-4,7-9,12,15,18,21H,5-6,10-11,13H2,1H3/t15-,18+/m0/s1. The van der Waals surface area contributed by atoms with E-state index < -0.39 is 0 Å². The molecule has 5 nitrogen and oxygen atoms in total. The van der Waals surface area contributed by atoms with Crippen LogP contribution in [0.25, 0.3) is 10.9 Å². The highest BCUT2D eigenvalue weighted by atomic mass is 35.5. The van der Waals surface area contributed by atoms with Gasteiger partial charge in [0.05, 0.1) is 0 Å². The third-order valence-electron chi connectivity index (χ3n) is 5.00. The predicted octanol–water partition coefficient (Wildman–Crippen LogP) is 3.40. The van der Waals surface area contributed by atoms with Crippen molar-refractivity contribution in [1.82, 2.24) is 19.4 Å². The molecule has 2 atom stereocenters. The normalized spacial score (nSPS) is 20.6. The van der Waals surface area contributed by atoms with Crippen molar-refractivity contribution in [3.63, 3.8) is 0 Å². The number of fused-ring (bicyclic) bond motifs is 1. The van der Waals surface area contributed by atoms with Crippen molar-refractivity contribution in [2.24, 2.45) is 13.0 Å². The number of hydrogen-bond acceptors (Lipinski definition) is 3. The lowest BCUT2D eigenvalue weighted by Gasteiger charge is -2.19. The Bertz CT molecular complexity index is 856. The first-order chi connectivity index (χ1) is 12.2. The molecule has 0 unspecified atom stereocenters. The largest absolute Gasteiger partial charge is 0.370 e. The summed E-state index contributed by atoms with van der Waals surface area (Å²) in [6.07, 6.45) is 7.12. The summed E-state index contributed by atoms with van der Waals surface area (Å²) >= 11 is 6.05. The SMILES string of the molecule is Cn1ccnc1[C@@H]1OCC[C@H]1CNCCn1ccc2cc(Cl)ccc21. The molecule has 6 heteroatoms. The number of imidazole rings is 1. The minimum Gasteiger partial charge on any atom is -0.370 e. The van der Waals surface area contributed by atoms with Gasteiger partial charge in [0.2, 0.25) is 0 Å². The summed E-state index contributed by atoms with van der Waals surface area (Å²) in [7, 11) is 2.03. The molecule has 0 amide bonds.